The summed E-state index contributed by atoms with van der Waals surface area (Å²) in [5.74, 6) is 6.02. The normalized spacial score (nSPS) is 9.58. The molecule has 0 heterocycles. The van der Waals surface area contributed by atoms with Crippen LogP contribution in [0.4, 0.5) is 10.5 Å². The summed E-state index contributed by atoms with van der Waals surface area (Å²) in [6.45, 7) is 0.465. The van der Waals surface area contributed by atoms with E-state index in [0.29, 0.717) is 12.2 Å². The summed E-state index contributed by atoms with van der Waals surface area (Å²) in [6.07, 6.45) is -0.211. The number of benzene rings is 2. The monoisotopic (exact) mass is 354 g/mol. The van der Waals surface area contributed by atoms with Crippen LogP contribution in [0, 0.1) is 22.0 Å². The van der Waals surface area contributed by atoms with E-state index < -0.39 is 11.0 Å². The van der Waals surface area contributed by atoms with Gasteiger partial charge < -0.3 is 14.8 Å². The predicted molar refractivity (Wildman–Crippen MR) is 95.8 cm³/mol. The predicted octanol–water partition coefficient (Wildman–Crippen LogP) is 3.27. The van der Waals surface area contributed by atoms with Crippen molar-refractivity contribution in [2.75, 3.05) is 13.7 Å². The number of nitro benzene ring substituents is 1. The molecule has 2 aromatic rings. The third kappa shape index (κ3) is 5.83. The number of nitrogens with one attached hydrogen (secondary N) is 1. The highest BCUT2D eigenvalue weighted by Gasteiger charge is 2.12. The lowest BCUT2D eigenvalue weighted by molar-refractivity contribution is -0.385. The quantitative estimate of drug-likeness (QED) is 0.372. The molecule has 0 saturated heterocycles. The van der Waals surface area contributed by atoms with E-state index in [1.165, 1.54) is 25.3 Å². The van der Waals surface area contributed by atoms with Crippen molar-refractivity contribution in [1.82, 2.24) is 5.32 Å². The first-order valence-corrected chi connectivity index (χ1v) is 7.86. The fraction of sp³-hybridized carbons (Fsp3) is 0.211. The van der Waals surface area contributed by atoms with E-state index in [0.717, 1.165) is 5.56 Å². The lowest BCUT2D eigenvalue weighted by atomic mass is 10.1. The maximum absolute atomic E-state index is 11.6. The van der Waals surface area contributed by atoms with Crippen molar-refractivity contribution in [3.05, 3.63) is 69.8 Å². The second kappa shape index (κ2) is 9.69. The van der Waals surface area contributed by atoms with Crippen molar-refractivity contribution in [2.45, 2.75) is 13.0 Å². The van der Waals surface area contributed by atoms with Gasteiger partial charge in [-0.3, -0.25) is 10.1 Å². The third-order valence-electron chi connectivity index (χ3n) is 3.36. The molecule has 0 aliphatic rings. The zero-order valence-corrected chi connectivity index (χ0v) is 14.2. The molecule has 0 atom stereocenters. The van der Waals surface area contributed by atoms with Crippen LogP contribution in [0.5, 0.6) is 5.75 Å². The van der Waals surface area contributed by atoms with Crippen molar-refractivity contribution in [2.24, 2.45) is 0 Å². The van der Waals surface area contributed by atoms with E-state index in [2.05, 4.69) is 17.2 Å². The molecular formula is C19H18N2O5. The first-order valence-electron chi connectivity index (χ1n) is 7.86. The number of carbonyl (C=O) groups excluding carboxylic acids is 1. The summed E-state index contributed by atoms with van der Waals surface area (Å²) in [6, 6.07) is 13.7. The highest BCUT2D eigenvalue weighted by Crippen LogP contribution is 2.22. The number of hydrogen-bond donors (Lipinski definition) is 1. The van der Waals surface area contributed by atoms with Crippen LogP contribution < -0.4 is 10.1 Å². The van der Waals surface area contributed by atoms with Gasteiger partial charge in [0.15, 0.2) is 0 Å². The Morgan fingerprint density at radius 1 is 1.23 bits per heavy atom. The Bertz CT molecular complexity index is 825. The summed E-state index contributed by atoms with van der Waals surface area (Å²) < 4.78 is 10.1. The van der Waals surface area contributed by atoms with Gasteiger partial charge in [-0.2, -0.15) is 0 Å². The third-order valence-corrected chi connectivity index (χ3v) is 3.36. The minimum atomic E-state index is -0.539. The molecule has 0 aromatic heterocycles. The highest BCUT2D eigenvalue weighted by molar-refractivity contribution is 5.67. The van der Waals surface area contributed by atoms with Gasteiger partial charge in [0.05, 0.1) is 12.0 Å². The number of carbonyl (C=O) groups is 1. The van der Waals surface area contributed by atoms with Gasteiger partial charge in [0, 0.05) is 25.1 Å². The molecule has 26 heavy (non-hydrogen) atoms. The summed E-state index contributed by atoms with van der Waals surface area (Å²) in [7, 11) is 1.48. The van der Waals surface area contributed by atoms with Crippen LogP contribution >= 0.6 is 0 Å². The summed E-state index contributed by atoms with van der Waals surface area (Å²) >= 11 is 0. The Balaban J connectivity index is 1.81. The molecule has 0 bridgehead atoms. The van der Waals surface area contributed by atoms with Crippen molar-refractivity contribution in [3.63, 3.8) is 0 Å². The van der Waals surface area contributed by atoms with Gasteiger partial charge in [-0.15, -0.1) is 0 Å². The number of amides is 1. The Morgan fingerprint density at radius 3 is 2.69 bits per heavy atom. The fourth-order valence-electron chi connectivity index (χ4n) is 2.06. The van der Waals surface area contributed by atoms with E-state index in [4.69, 9.17) is 9.47 Å². The van der Waals surface area contributed by atoms with E-state index in [-0.39, 0.29) is 24.4 Å². The number of methoxy groups -OCH3 is 1. The zero-order chi connectivity index (χ0) is 18.8. The molecule has 7 heteroatoms. The average Bonchev–Trinajstić information content (AvgIpc) is 2.66. The van der Waals surface area contributed by atoms with Crippen LogP contribution in [0.15, 0.2) is 48.5 Å². The van der Waals surface area contributed by atoms with Crippen molar-refractivity contribution in [1.29, 1.82) is 0 Å². The molecule has 0 unspecified atom stereocenters. The van der Waals surface area contributed by atoms with Crippen LogP contribution in [0.3, 0.4) is 0 Å². The molecule has 7 nitrogen and oxygen atoms in total. The molecular weight excluding hydrogens is 336 g/mol. The van der Waals surface area contributed by atoms with Crippen LogP contribution in [0.25, 0.3) is 0 Å². The van der Waals surface area contributed by atoms with Crippen LogP contribution in [0.1, 0.15) is 17.5 Å². The molecule has 0 saturated carbocycles. The van der Waals surface area contributed by atoms with E-state index >= 15 is 0 Å². The lowest BCUT2D eigenvalue weighted by Gasteiger charge is -2.05. The van der Waals surface area contributed by atoms with Gasteiger partial charge in [0.25, 0.3) is 5.69 Å². The van der Waals surface area contributed by atoms with Crippen molar-refractivity contribution >= 4 is 11.8 Å². The molecule has 0 aliphatic carbocycles. The first-order chi connectivity index (χ1) is 12.6. The molecule has 1 N–H and O–H groups in total. The van der Waals surface area contributed by atoms with Gasteiger partial charge in [-0.1, -0.05) is 42.2 Å². The maximum Gasteiger partial charge on any atom is 0.407 e. The SMILES string of the molecule is COc1ccc([N+](=O)[O-])c(C#CCCNC(=O)OCc2ccccc2)c1. The summed E-state index contributed by atoms with van der Waals surface area (Å²) in [5, 5.41) is 13.6. The number of ether oxygens (including phenoxy) is 2. The number of nitrogens with zero attached hydrogens (tertiary/aromatic N) is 1. The maximum atomic E-state index is 11.6. The number of rotatable bonds is 6. The van der Waals surface area contributed by atoms with Gasteiger partial charge in [0.2, 0.25) is 0 Å². The zero-order valence-electron chi connectivity index (χ0n) is 14.2. The largest absolute Gasteiger partial charge is 0.497 e. The lowest BCUT2D eigenvalue weighted by Crippen LogP contribution is -2.24. The second-order valence-corrected chi connectivity index (χ2v) is 5.18. The van der Waals surface area contributed by atoms with Crippen LogP contribution in [-0.4, -0.2) is 24.7 Å². The number of hydrogen-bond acceptors (Lipinski definition) is 5. The molecule has 134 valence electrons. The minimum Gasteiger partial charge on any atom is -0.497 e. The number of nitro groups is 1. The molecule has 2 rings (SSSR count). The Kier molecular flexibility index (Phi) is 7.01. The average molecular weight is 354 g/mol. The van der Waals surface area contributed by atoms with Crippen LogP contribution in [-0.2, 0) is 11.3 Å². The number of alkyl carbamates (subject to hydrolysis) is 1. The van der Waals surface area contributed by atoms with Gasteiger partial charge >= 0.3 is 6.09 Å². The highest BCUT2D eigenvalue weighted by atomic mass is 16.6. The Labute approximate surface area is 151 Å². The van der Waals surface area contributed by atoms with E-state index in [1.807, 2.05) is 30.3 Å². The fourth-order valence-corrected chi connectivity index (χ4v) is 2.06. The standard InChI is InChI=1S/C19H18N2O5/c1-25-17-10-11-18(21(23)24)16(13-17)9-5-6-12-20-19(22)26-14-15-7-3-2-4-8-15/h2-4,7-8,10-11,13H,6,12,14H2,1H3,(H,20,22). The molecule has 2 aromatic carbocycles. The smallest absolute Gasteiger partial charge is 0.407 e. The van der Waals surface area contributed by atoms with Crippen molar-refractivity contribution in [3.8, 4) is 17.6 Å². The Hall–Kier alpha value is -3.53. The first kappa shape index (κ1) is 18.8. The molecule has 1 amide bonds. The molecule has 0 aliphatic heterocycles. The van der Waals surface area contributed by atoms with E-state index in [9.17, 15) is 14.9 Å². The van der Waals surface area contributed by atoms with E-state index in [1.54, 1.807) is 0 Å². The second-order valence-electron chi connectivity index (χ2n) is 5.18. The molecule has 0 fully saturated rings. The summed E-state index contributed by atoms with van der Waals surface area (Å²) in [4.78, 5) is 22.1. The van der Waals surface area contributed by atoms with Gasteiger partial charge in [-0.25, -0.2) is 4.79 Å². The topological polar surface area (TPSA) is 90.7 Å². The molecule has 0 spiro atoms. The van der Waals surface area contributed by atoms with Crippen molar-refractivity contribution < 1.29 is 19.2 Å². The Morgan fingerprint density at radius 2 is 2.00 bits per heavy atom. The van der Waals surface area contributed by atoms with Crippen LogP contribution in [0.2, 0.25) is 0 Å². The summed E-state index contributed by atoms with van der Waals surface area (Å²) in [5.41, 5.74) is 1.07. The van der Waals surface area contributed by atoms with Gasteiger partial charge in [0.1, 0.15) is 17.9 Å². The minimum absolute atomic E-state index is 0.0893. The van der Waals surface area contributed by atoms with Gasteiger partial charge in [-0.05, 0) is 11.6 Å². The molecule has 0 radical (unpaired) electrons.